The molecule has 0 fully saturated rings. The minimum Gasteiger partial charge on any atom is -0.381 e. The first-order chi connectivity index (χ1) is 11.1. The highest BCUT2D eigenvalue weighted by molar-refractivity contribution is 6.30. The molecule has 1 amide bonds. The maximum atomic E-state index is 12.1. The molecule has 0 saturated carbocycles. The zero-order chi connectivity index (χ0) is 16.7. The molecule has 1 aromatic carbocycles. The highest BCUT2D eigenvalue weighted by Crippen LogP contribution is 2.10. The van der Waals surface area contributed by atoms with Crippen LogP contribution in [0.1, 0.15) is 36.3 Å². The van der Waals surface area contributed by atoms with Gasteiger partial charge >= 0.3 is 0 Å². The van der Waals surface area contributed by atoms with E-state index in [4.69, 9.17) is 11.6 Å². The summed E-state index contributed by atoms with van der Waals surface area (Å²) in [4.78, 5) is 16.3. The third-order valence-corrected chi connectivity index (χ3v) is 3.89. The summed E-state index contributed by atoms with van der Waals surface area (Å²) in [5, 5.41) is 6.92. The molecule has 0 aliphatic rings. The fourth-order valence-corrected chi connectivity index (χ4v) is 2.19. The Kier molecular flexibility index (Phi) is 6.41. The molecule has 0 saturated heterocycles. The third-order valence-electron chi connectivity index (χ3n) is 3.63. The van der Waals surface area contributed by atoms with Crippen molar-refractivity contribution in [3.8, 4) is 0 Å². The predicted octanol–water partition coefficient (Wildman–Crippen LogP) is 3.92. The van der Waals surface area contributed by atoms with Crippen LogP contribution in [0, 0.1) is 0 Å². The van der Waals surface area contributed by atoms with Gasteiger partial charge in [0, 0.05) is 17.6 Å². The smallest absolute Gasteiger partial charge is 0.269 e. The molecule has 0 radical (unpaired) electrons. The number of pyridine rings is 1. The van der Waals surface area contributed by atoms with Crippen LogP contribution < -0.4 is 10.6 Å². The van der Waals surface area contributed by atoms with E-state index in [0.717, 1.165) is 24.1 Å². The standard InChI is InChI=1S/C18H22ClN3O/c1-3-13(2)22-16-8-9-17(21-12-16)18(23)20-11-10-14-4-6-15(19)7-5-14/h4-9,12-13,22H,3,10-11H2,1-2H3,(H,20,23). The van der Waals surface area contributed by atoms with E-state index in [9.17, 15) is 4.79 Å². The van der Waals surface area contributed by atoms with Gasteiger partial charge in [0.05, 0.1) is 11.9 Å². The monoisotopic (exact) mass is 331 g/mol. The van der Waals surface area contributed by atoms with Gasteiger partial charge in [-0.1, -0.05) is 30.7 Å². The van der Waals surface area contributed by atoms with Crippen LogP contribution >= 0.6 is 11.6 Å². The summed E-state index contributed by atoms with van der Waals surface area (Å²) < 4.78 is 0. The molecule has 1 aromatic heterocycles. The molecule has 23 heavy (non-hydrogen) atoms. The number of benzene rings is 1. The summed E-state index contributed by atoms with van der Waals surface area (Å²) in [5.41, 5.74) is 2.49. The average Bonchev–Trinajstić information content (AvgIpc) is 2.57. The van der Waals surface area contributed by atoms with Crippen LogP contribution in [0.25, 0.3) is 0 Å². The van der Waals surface area contributed by atoms with Gasteiger partial charge in [0.1, 0.15) is 5.69 Å². The molecule has 2 aromatic rings. The zero-order valence-electron chi connectivity index (χ0n) is 13.5. The van der Waals surface area contributed by atoms with Gasteiger partial charge in [0.2, 0.25) is 0 Å². The van der Waals surface area contributed by atoms with Crippen molar-refractivity contribution in [3.63, 3.8) is 0 Å². The van der Waals surface area contributed by atoms with E-state index in [1.165, 1.54) is 0 Å². The van der Waals surface area contributed by atoms with Gasteiger partial charge in [0.25, 0.3) is 5.91 Å². The zero-order valence-corrected chi connectivity index (χ0v) is 14.2. The summed E-state index contributed by atoms with van der Waals surface area (Å²) in [7, 11) is 0. The summed E-state index contributed by atoms with van der Waals surface area (Å²) >= 11 is 5.85. The number of hydrogen-bond acceptors (Lipinski definition) is 3. The quantitative estimate of drug-likeness (QED) is 0.808. The van der Waals surface area contributed by atoms with Crippen molar-refractivity contribution < 1.29 is 4.79 Å². The summed E-state index contributed by atoms with van der Waals surface area (Å²) in [6, 6.07) is 11.6. The Balaban J connectivity index is 1.82. The van der Waals surface area contributed by atoms with Gasteiger partial charge in [-0.2, -0.15) is 0 Å². The Bertz CT molecular complexity index is 626. The molecular weight excluding hydrogens is 310 g/mol. The number of hydrogen-bond donors (Lipinski definition) is 2. The highest BCUT2D eigenvalue weighted by atomic mass is 35.5. The van der Waals surface area contributed by atoms with Gasteiger partial charge in [-0.25, -0.2) is 4.98 Å². The Morgan fingerprint density at radius 1 is 1.22 bits per heavy atom. The summed E-state index contributed by atoms with van der Waals surface area (Å²) in [5.74, 6) is -0.158. The number of rotatable bonds is 7. The van der Waals surface area contributed by atoms with Crippen molar-refractivity contribution in [2.24, 2.45) is 0 Å². The van der Waals surface area contributed by atoms with Crippen LogP contribution in [0.2, 0.25) is 5.02 Å². The predicted molar refractivity (Wildman–Crippen MR) is 95.1 cm³/mol. The number of anilines is 1. The number of carbonyl (C=O) groups excluding carboxylic acids is 1. The van der Waals surface area contributed by atoms with Crippen molar-refractivity contribution in [2.75, 3.05) is 11.9 Å². The van der Waals surface area contributed by atoms with Crippen molar-refractivity contribution in [2.45, 2.75) is 32.7 Å². The normalized spacial score (nSPS) is 11.8. The van der Waals surface area contributed by atoms with Crippen LogP contribution in [0.5, 0.6) is 0 Å². The van der Waals surface area contributed by atoms with E-state index in [1.807, 2.05) is 30.3 Å². The number of carbonyl (C=O) groups is 1. The van der Waals surface area contributed by atoms with Crippen molar-refractivity contribution in [1.29, 1.82) is 0 Å². The molecule has 2 N–H and O–H groups in total. The second kappa shape index (κ2) is 8.53. The molecule has 0 aliphatic carbocycles. The lowest BCUT2D eigenvalue weighted by Gasteiger charge is -2.12. The Morgan fingerprint density at radius 3 is 2.57 bits per heavy atom. The second-order valence-corrected chi connectivity index (χ2v) is 5.95. The third kappa shape index (κ3) is 5.57. The molecular formula is C18H22ClN3O. The van der Waals surface area contributed by atoms with E-state index in [0.29, 0.717) is 23.3 Å². The van der Waals surface area contributed by atoms with Crippen LogP contribution in [0.4, 0.5) is 5.69 Å². The lowest BCUT2D eigenvalue weighted by molar-refractivity contribution is 0.0949. The van der Waals surface area contributed by atoms with E-state index in [1.54, 1.807) is 12.3 Å². The Morgan fingerprint density at radius 2 is 1.96 bits per heavy atom. The van der Waals surface area contributed by atoms with Crippen LogP contribution in [0.15, 0.2) is 42.6 Å². The Hall–Kier alpha value is -2.07. The molecule has 1 heterocycles. The SMILES string of the molecule is CCC(C)Nc1ccc(C(=O)NCCc2ccc(Cl)cc2)nc1. The van der Waals surface area contributed by atoms with Crippen molar-refractivity contribution in [1.82, 2.24) is 10.3 Å². The first kappa shape index (κ1) is 17.3. The molecule has 1 unspecified atom stereocenters. The van der Waals surface area contributed by atoms with Gasteiger partial charge in [-0.05, 0) is 49.6 Å². The first-order valence-corrected chi connectivity index (χ1v) is 8.21. The lowest BCUT2D eigenvalue weighted by Crippen LogP contribution is -2.26. The number of aromatic nitrogens is 1. The lowest BCUT2D eigenvalue weighted by atomic mass is 10.1. The molecule has 122 valence electrons. The van der Waals surface area contributed by atoms with E-state index in [2.05, 4.69) is 29.5 Å². The summed E-state index contributed by atoms with van der Waals surface area (Å²) in [6.07, 6.45) is 3.49. The number of nitrogens with zero attached hydrogens (tertiary/aromatic N) is 1. The molecule has 2 rings (SSSR count). The Labute approximate surface area is 142 Å². The van der Waals surface area contributed by atoms with Gasteiger partial charge in [-0.15, -0.1) is 0 Å². The van der Waals surface area contributed by atoms with Crippen LogP contribution in [-0.4, -0.2) is 23.5 Å². The molecule has 0 aliphatic heterocycles. The average molecular weight is 332 g/mol. The molecule has 0 bridgehead atoms. The number of halogens is 1. The minimum atomic E-state index is -0.158. The van der Waals surface area contributed by atoms with Crippen molar-refractivity contribution in [3.05, 3.63) is 58.9 Å². The first-order valence-electron chi connectivity index (χ1n) is 7.83. The molecule has 1 atom stereocenters. The topological polar surface area (TPSA) is 54.0 Å². The van der Waals surface area contributed by atoms with Gasteiger partial charge < -0.3 is 10.6 Å². The second-order valence-electron chi connectivity index (χ2n) is 5.52. The fourth-order valence-electron chi connectivity index (χ4n) is 2.06. The maximum absolute atomic E-state index is 12.1. The molecule has 0 spiro atoms. The molecule has 5 heteroatoms. The minimum absolute atomic E-state index is 0.158. The summed E-state index contributed by atoms with van der Waals surface area (Å²) in [6.45, 7) is 4.79. The van der Waals surface area contributed by atoms with Crippen molar-refractivity contribution >= 4 is 23.2 Å². The van der Waals surface area contributed by atoms with Gasteiger partial charge in [-0.3, -0.25) is 4.79 Å². The maximum Gasteiger partial charge on any atom is 0.269 e. The number of amides is 1. The largest absolute Gasteiger partial charge is 0.381 e. The fraction of sp³-hybridized carbons (Fsp3) is 0.333. The van der Waals surface area contributed by atoms with Crippen LogP contribution in [-0.2, 0) is 6.42 Å². The van der Waals surface area contributed by atoms with E-state index >= 15 is 0 Å². The van der Waals surface area contributed by atoms with Gasteiger partial charge in [0.15, 0.2) is 0 Å². The van der Waals surface area contributed by atoms with Crippen LogP contribution in [0.3, 0.4) is 0 Å². The van der Waals surface area contributed by atoms with E-state index < -0.39 is 0 Å². The van der Waals surface area contributed by atoms with E-state index in [-0.39, 0.29) is 5.91 Å². The molecule has 4 nitrogen and oxygen atoms in total. The highest BCUT2D eigenvalue weighted by Gasteiger charge is 2.07. The number of nitrogens with one attached hydrogen (secondary N) is 2.